The second kappa shape index (κ2) is 6.10. The number of benzene rings is 1. The van der Waals surface area contributed by atoms with E-state index in [0.717, 1.165) is 17.1 Å². The van der Waals surface area contributed by atoms with Gasteiger partial charge >= 0.3 is 0 Å². The molecule has 0 fully saturated rings. The van der Waals surface area contributed by atoms with Gasteiger partial charge in [0.1, 0.15) is 17.3 Å². The Morgan fingerprint density at radius 1 is 1.05 bits per heavy atom. The summed E-state index contributed by atoms with van der Waals surface area (Å²) in [5, 5.41) is 6.14. The van der Waals surface area contributed by atoms with Crippen molar-refractivity contribution in [3.8, 4) is 11.5 Å². The Balaban J connectivity index is 2.35. The van der Waals surface area contributed by atoms with Gasteiger partial charge in [-0.15, -0.1) is 0 Å². The van der Waals surface area contributed by atoms with Gasteiger partial charge in [-0.2, -0.15) is 4.98 Å². The van der Waals surface area contributed by atoms with Gasteiger partial charge in [0, 0.05) is 24.9 Å². The third-order valence-corrected chi connectivity index (χ3v) is 2.75. The maximum absolute atomic E-state index is 5.33. The van der Waals surface area contributed by atoms with Crippen LogP contribution in [-0.2, 0) is 0 Å². The van der Waals surface area contributed by atoms with E-state index in [1.165, 1.54) is 0 Å². The van der Waals surface area contributed by atoms with E-state index in [9.17, 15) is 0 Å². The monoisotopic (exact) mass is 274 g/mol. The van der Waals surface area contributed by atoms with Crippen LogP contribution in [0.25, 0.3) is 0 Å². The quantitative estimate of drug-likeness (QED) is 0.873. The summed E-state index contributed by atoms with van der Waals surface area (Å²) in [5.74, 6) is 2.71. The van der Waals surface area contributed by atoms with Gasteiger partial charge in [0.2, 0.25) is 5.95 Å². The summed E-state index contributed by atoms with van der Waals surface area (Å²) in [6.45, 7) is 1.91. The van der Waals surface area contributed by atoms with Gasteiger partial charge in [-0.3, -0.25) is 0 Å². The molecule has 0 radical (unpaired) electrons. The van der Waals surface area contributed by atoms with Crippen LogP contribution >= 0.6 is 0 Å². The molecule has 0 aliphatic rings. The zero-order valence-corrected chi connectivity index (χ0v) is 12.0. The summed E-state index contributed by atoms with van der Waals surface area (Å²) in [5.41, 5.74) is 1.65. The minimum Gasteiger partial charge on any atom is -0.497 e. The number of anilines is 3. The highest BCUT2D eigenvalue weighted by molar-refractivity contribution is 5.66. The lowest BCUT2D eigenvalue weighted by Gasteiger charge is -2.13. The second-order valence-electron chi connectivity index (χ2n) is 4.16. The predicted octanol–water partition coefficient (Wildman–Crippen LogP) is 2.59. The molecule has 1 aromatic heterocycles. The molecule has 1 heterocycles. The van der Waals surface area contributed by atoms with Crippen molar-refractivity contribution in [2.24, 2.45) is 0 Å². The summed E-state index contributed by atoms with van der Waals surface area (Å²) in [6.07, 6.45) is 0. The van der Waals surface area contributed by atoms with E-state index in [4.69, 9.17) is 9.47 Å². The fourth-order valence-electron chi connectivity index (χ4n) is 1.79. The second-order valence-corrected chi connectivity index (χ2v) is 4.16. The van der Waals surface area contributed by atoms with Crippen LogP contribution in [0.1, 0.15) is 5.69 Å². The first-order chi connectivity index (χ1) is 9.66. The molecule has 0 saturated heterocycles. The minimum absolute atomic E-state index is 0.564. The molecule has 0 atom stereocenters. The third kappa shape index (κ3) is 3.09. The highest BCUT2D eigenvalue weighted by Gasteiger charge is 2.07. The Bertz CT molecular complexity index is 602. The fourth-order valence-corrected chi connectivity index (χ4v) is 1.79. The summed E-state index contributed by atoms with van der Waals surface area (Å²) < 4.78 is 10.5. The van der Waals surface area contributed by atoms with E-state index < -0.39 is 0 Å². The zero-order chi connectivity index (χ0) is 14.5. The molecule has 6 heteroatoms. The van der Waals surface area contributed by atoms with Gasteiger partial charge in [-0.25, -0.2) is 4.98 Å². The van der Waals surface area contributed by atoms with Gasteiger partial charge in [0.15, 0.2) is 0 Å². The van der Waals surface area contributed by atoms with Crippen molar-refractivity contribution in [2.45, 2.75) is 6.92 Å². The first-order valence-corrected chi connectivity index (χ1v) is 6.18. The maximum Gasteiger partial charge on any atom is 0.224 e. The van der Waals surface area contributed by atoms with Crippen molar-refractivity contribution in [1.29, 1.82) is 0 Å². The average molecular weight is 274 g/mol. The molecule has 0 unspecified atom stereocenters. The fraction of sp³-hybridized carbons (Fsp3) is 0.286. The standard InChI is InChI=1S/C14H18N4O2/c1-9-7-13(18-14(15-2)16-9)17-11-8-10(19-3)5-6-12(11)20-4/h5-8H,1-4H3,(H2,15,16,17,18). The SMILES string of the molecule is CNc1nc(C)cc(Nc2cc(OC)ccc2OC)n1. The number of aryl methyl sites for hydroxylation is 1. The van der Waals surface area contributed by atoms with E-state index in [-0.39, 0.29) is 0 Å². The van der Waals surface area contributed by atoms with E-state index in [1.54, 1.807) is 21.3 Å². The summed E-state index contributed by atoms with van der Waals surface area (Å²) >= 11 is 0. The number of ether oxygens (including phenoxy) is 2. The Labute approximate surface area is 118 Å². The smallest absolute Gasteiger partial charge is 0.224 e. The molecule has 106 valence electrons. The highest BCUT2D eigenvalue weighted by Crippen LogP contribution is 2.31. The van der Waals surface area contributed by atoms with Crippen LogP contribution in [0.3, 0.4) is 0 Å². The molecule has 2 N–H and O–H groups in total. The topological polar surface area (TPSA) is 68.3 Å². The van der Waals surface area contributed by atoms with Crippen LogP contribution in [-0.4, -0.2) is 31.2 Å². The van der Waals surface area contributed by atoms with Crippen molar-refractivity contribution < 1.29 is 9.47 Å². The highest BCUT2D eigenvalue weighted by atomic mass is 16.5. The van der Waals surface area contributed by atoms with Crippen LogP contribution in [0.5, 0.6) is 11.5 Å². The first kappa shape index (κ1) is 13.9. The van der Waals surface area contributed by atoms with E-state index in [1.807, 2.05) is 31.2 Å². The van der Waals surface area contributed by atoms with Crippen molar-refractivity contribution in [2.75, 3.05) is 31.9 Å². The van der Waals surface area contributed by atoms with Gasteiger partial charge in [-0.1, -0.05) is 0 Å². The van der Waals surface area contributed by atoms with Gasteiger partial charge in [0.05, 0.1) is 19.9 Å². The molecule has 0 spiro atoms. The summed E-state index contributed by atoms with van der Waals surface area (Å²) in [6, 6.07) is 7.40. The van der Waals surface area contributed by atoms with Crippen molar-refractivity contribution >= 4 is 17.5 Å². The van der Waals surface area contributed by atoms with Crippen LogP contribution in [0.4, 0.5) is 17.5 Å². The largest absolute Gasteiger partial charge is 0.497 e. The van der Waals surface area contributed by atoms with Crippen LogP contribution in [0, 0.1) is 6.92 Å². The lowest BCUT2D eigenvalue weighted by molar-refractivity contribution is 0.405. The lowest BCUT2D eigenvalue weighted by atomic mass is 10.2. The molecule has 0 amide bonds. The molecule has 2 rings (SSSR count). The number of nitrogens with one attached hydrogen (secondary N) is 2. The van der Waals surface area contributed by atoms with Gasteiger partial charge in [0.25, 0.3) is 0 Å². The van der Waals surface area contributed by atoms with Crippen molar-refractivity contribution in [3.63, 3.8) is 0 Å². The minimum atomic E-state index is 0.564. The lowest BCUT2D eigenvalue weighted by Crippen LogP contribution is -2.03. The molecule has 20 heavy (non-hydrogen) atoms. The molecule has 0 bridgehead atoms. The first-order valence-electron chi connectivity index (χ1n) is 6.18. The Morgan fingerprint density at radius 3 is 2.50 bits per heavy atom. The number of hydrogen-bond donors (Lipinski definition) is 2. The number of aromatic nitrogens is 2. The molecule has 2 aromatic rings. The van der Waals surface area contributed by atoms with E-state index in [0.29, 0.717) is 17.5 Å². The molecular formula is C14H18N4O2. The van der Waals surface area contributed by atoms with Crippen molar-refractivity contribution in [3.05, 3.63) is 30.0 Å². The molecule has 0 aliphatic carbocycles. The van der Waals surface area contributed by atoms with Gasteiger partial charge in [-0.05, 0) is 19.1 Å². The molecular weight excluding hydrogens is 256 g/mol. The average Bonchev–Trinajstić information content (AvgIpc) is 2.46. The normalized spacial score (nSPS) is 10.0. The van der Waals surface area contributed by atoms with Gasteiger partial charge < -0.3 is 20.1 Å². The molecule has 0 aliphatic heterocycles. The van der Waals surface area contributed by atoms with Crippen LogP contribution < -0.4 is 20.1 Å². The predicted molar refractivity (Wildman–Crippen MR) is 79.1 cm³/mol. The number of methoxy groups -OCH3 is 2. The Kier molecular flexibility index (Phi) is 4.24. The summed E-state index contributed by atoms with van der Waals surface area (Å²) in [7, 11) is 5.03. The van der Waals surface area contributed by atoms with Crippen LogP contribution in [0.15, 0.2) is 24.3 Å². The van der Waals surface area contributed by atoms with E-state index in [2.05, 4.69) is 20.6 Å². The van der Waals surface area contributed by atoms with E-state index >= 15 is 0 Å². The number of hydrogen-bond acceptors (Lipinski definition) is 6. The molecule has 6 nitrogen and oxygen atoms in total. The van der Waals surface area contributed by atoms with Crippen molar-refractivity contribution in [1.82, 2.24) is 9.97 Å². The number of rotatable bonds is 5. The third-order valence-electron chi connectivity index (χ3n) is 2.75. The van der Waals surface area contributed by atoms with Crippen LogP contribution in [0.2, 0.25) is 0 Å². The summed E-state index contributed by atoms with van der Waals surface area (Å²) in [4.78, 5) is 8.60. The molecule has 0 saturated carbocycles. The zero-order valence-electron chi connectivity index (χ0n) is 12.0. The Hall–Kier alpha value is -2.50. The Morgan fingerprint density at radius 2 is 1.85 bits per heavy atom. The number of nitrogens with zero attached hydrogens (tertiary/aromatic N) is 2. The maximum atomic E-state index is 5.33. The molecule has 1 aromatic carbocycles.